The van der Waals surface area contributed by atoms with Crippen molar-refractivity contribution in [2.45, 2.75) is 58.5 Å². The van der Waals surface area contributed by atoms with Crippen molar-refractivity contribution in [3.63, 3.8) is 0 Å². The monoisotopic (exact) mass is 339 g/mol. The summed E-state index contributed by atoms with van der Waals surface area (Å²) >= 11 is 0. The Hall–Kier alpha value is -1.14. The maximum Gasteiger partial charge on any atom is 0.327 e. The zero-order valence-corrected chi connectivity index (χ0v) is 15.9. The summed E-state index contributed by atoms with van der Waals surface area (Å²) in [7, 11) is 1.63. The van der Waals surface area contributed by atoms with E-state index in [0.717, 1.165) is 32.4 Å². The van der Waals surface area contributed by atoms with E-state index in [1.54, 1.807) is 12.0 Å². The highest BCUT2D eigenvalue weighted by Gasteiger charge is 2.57. The van der Waals surface area contributed by atoms with E-state index in [0.29, 0.717) is 25.7 Å². The van der Waals surface area contributed by atoms with Crippen LogP contribution < -0.4 is 0 Å². The molecule has 6 nitrogen and oxygen atoms in total. The van der Waals surface area contributed by atoms with Gasteiger partial charge in [-0.3, -0.25) is 9.69 Å². The second-order valence-electron chi connectivity index (χ2n) is 7.56. The Balaban J connectivity index is 2.21. The number of amides is 3. The summed E-state index contributed by atoms with van der Waals surface area (Å²) in [4.78, 5) is 31.7. The summed E-state index contributed by atoms with van der Waals surface area (Å²) in [5, 5.41) is 0. The maximum absolute atomic E-state index is 13.2. The van der Waals surface area contributed by atoms with Crippen molar-refractivity contribution in [1.82, 2.24) is 14.7 Å². The van der Waals surface area contributed by atoms with Gasteiger partial charge in [-0.1, -0.05) is 20.8 Å². The van der Waals surface area contributed by atoms with E-state index >= 15 is 0 Å². The van der Waals surface area contributed by atoms with Crippen LogP contribution in [-0.2, 0) is 9.53 Å². The van der Waals surface area contributed by atoms with Crippen LogP contribution in [0.2, 0.25) is 0 Å². The van der Waals surface area contributed by atoms with Gasteiger partial charge in [0.25, 0.3) is 5.91 Å². The molecule has 0 saturated carbocycles. The third kappa shape index (κ3) is 3.45. The average molecular weight is 339 g/mol. The number of imide groups is 1. The first-order valence-electron chi connectivity index (χ1n) is 9.24. The molecule has 0 aromatic carbocycles. The number of methoxy groups -OCH3 is 1. The van der Waals surface area contributed by atoms with Crippen molar-refractivity contribution >= 4 is 11.9 Å². The molecule has 138 valence electrons. The van der Waals surface area contributed by atoms with E-state index in [1.165, 1.54) is 4.90 Å². The van der Waals surface area contributed by atoms with Crippen LogP contribution in [0.5, 0.6) is 0 Å². The number of hydrogen-bond acceptors (Lipinski definition) is 4. The summed E-state index contributed by atoms with van der Waals surface area (Å²) in [6, 6.07) is 0.386. The Morgan fingerprint density at radius 1 is 1.17 bits per heavy atom. The molecular formula is C18H33N3O3. The van der Waals surface area contributed by atoms with Gasteiger partial charge in [0.1, 0.15) is 5.54 Å². The SMILES string of the molecule is CC[C@@H](C)N1CCC2(CC1)C(=O)N(CC(C)C)C(=O)N2CCOC. The van der Waals surface area contributed by atoms with Crippen LogP contribution >= 0.6 is 0 Å². The number of piperidine rings is 1. The molecule has 1 atom stereocenters. The Morgan fingerprint density at radius 3 is 2.29 bits per heavy atom. The van der Waals surface area contributed by atoms with Crippen molar-refractivity contribution in [1.29, 1.82) is 0 Å². The lowest BCUT2D eigenvalue weighted by molar-refractivity contribution is -0.136. The lowest BCUT2D eigenvalue weighted by Crippen LogP contribution is -2.58. The van der Waals surface area contributed by atoms with E-state index < -0.39 is 5.54 Å². The summed E-state index contributed by atoms with van der Waals surface area (Å²) in [5.41, 5.74) is -0.658. The van der Waals surface area contributed by atoms with E-state index in [-0.39, 0.29) is 17.9 Å². The van der Waals surface area contributed by atoms with Gasteiger partial charge in [0.15, 0.2) is 0 Å². The normalized spacial score (nSPS) is 22.9. The van der Waals surface area contributed by atoms with E-state index in [2.05, 4.69) is 18.7 Å². The van der Waals surface area contributed by atoms with E-state index in [9.17, 15) is 9.59 Å². The number of rotatable bonds is 7. The van der Waals surface area contributed by atoms with Gasteiger partial charge in [-0.05, 0) is 32.1 Å². The van der Waals surface area contributed by atoms with Crippen molar-refractivity contribution in [2.24, 2.45) is 5.92 Å². The number of carbonyl (C=O) groups excluding carboxylic acids is 2. The molecular weight excluding hydrogens is 306 g/mol. The van der Waals surface area contributed by atoms with Crippen LogP contribution in [0.3, 0.4) is 0 Å². The predicted octanol–water partition coefficient (Wildman–Crippen LogP) is 2.19. The van der Waals surface area contributed by atoms with Crippen LogP contribution in [0.25, 0.3) is 0 Å². The number of hydrogen-bond donors (Lipinski definition) is 0. The van der Waals surface area contributed by atoms with E-state index in [4.69, 9.17) is 4.74 Å². The first-order valence-corrected chi connectivity index (χ1v) is 9.24. The second kappa shape index (κ2) is 7.83. The summed E-state index contributed by atoms with van der Waals surface area (Å²) < 4.78 is 5.18. The van der Waals surface area contributed by atoms with Crippen LogP contribution in [0.4, 0.5) is 4.79 Å². The minimum absolute atomic E-state index is 0.00102. The Kier molecular flexibility index (Phi) is 6.26. The fourth-order valence-corrected chi connectivity index (χ4v) is 3.88. The summed E-state index contributed by atoms with van der Waals surface area (Å²) in [5.74, 6) is 0.277. The zero-order valence-electron chi connectivity index (χ0n) is 15.9. The molecule has 2 aliphatic rings. The lowest BCUT2D eigenvalue weighted by Gasteiger charge is -2.43. The van der Waals surface area contributed by atoms with Gasteiger partial charge >= 0.3 is 6.03 Å². The molecule has 0 radical (unpaired) electrons. The highest BCUT2D eigenvalue weighted by atomic mass is 16.5. The Bertz CT molecular complexity index is 458. The quantitative estimate of drug-likeness (QED) is 0.667. The largest absolute Gasteiger partial charge is 0.383 e. The molecule has 0 aromatic rings. The third-order valence-electron chi connectivity index (χ3n) is 5.53. The molecule has 1 spiro atoms. The molecule has 2 fully saturated rings. The molecule has 0 N–H and O–H groups in total. The first kappa shape index (κ1) is 19.2. The number of carbonyl (C=O) groups is 2. The minimum atomic E-state index is -0.658. The molecule has 2 heterocycles. The average Bonchev–Trinajstić information content (AvgIpc) is 2.75. The van der Waals surface area contributed by atoms with Crippen molar-refractivity contribution in [2.75, 3.05) is 39.9 Å². The van der Waals surface area contributed by atoms with Crippen molar-refractivity contribution < 1.29 is 14.3 Å². The molecule has 0 aliphatic carbocycles. The van der Waals surface area contributed by atoms with Crippen LogP contribution in [-0.4, -0.2) is 78.1 Å². The van der Waals surface area contributed by atoms with Gasteiger partial charge in [0.05, 0.1) is 6.61 Å². The highest BCUT2D eigenvalue weighted by Crippen LogP contribution is 2.38. The van der Waals surface area contributed by atoms with Gasteiger partial charge in [0.2, 0.25) is 0 Å². The molecule has 2 rings (SSSR count). The van der Waals surface area contributed by atoms with Gasteiger partial charge in [-0.25, -0.2) is 4.79 Å². The number of urea groups is 1. The number of likely N-dealkylation sites (tertiary alicyclic amines) is 1. The zero-order chi connectivity index (χ0) is 17.9. The molecule has 0 bridgehead atoms. The molecule has 3 amide bonds. The maximum atomic E-state index is 13.2. The Labute approximate surface area is 146 Å². The van der Waals surface area contributed by atoms with Gasteiger partial charge < -0.3 is 14.5 Å². The van der Waals surface area contributed by atoms with Crippen LogP contribution in [0.1, 0.15) is 47.0 Å². The molecule has 6 heteroatoms. The molecule has 2 aliphatic heterocycles. The summed E-state index contributed by atoms with van der Waals surface area (Å²) in [6.45, 7) is 11.7. The standard InChI is InChI=1S/C18H33N3O3/c1-6-15(4)19-9-7-18(8-10-19)16(22)20(13-14(2)3)17(23)21(18)11-12-24-5/h14-15H,6-13H2,1-5H3/t15-/m1/s1. The second-order valence-corrected chi connectivity index (χ2v) is 7.56. The number of nitrogens with zero attached hydrogens (tertiary/aromatic N) is 3. The van der Waals surface area contributed by atoms with Crippen molar-refractivity contribution in [3.8, 4) is 0 Å². The fourth-order valence-electron chi connectivity index (χ4n) is 3.88. The van der Waals surface area contributed by atoms with Gasteiger partial charge in [-0.2, -0.15) is 0 Å². The topological polar surface area (TPSA) is 53.1 Å². The number of ether oxygens (including phenoxy) is 1. The predicted molar refractivity (Wildman–Crippen MR) is 93.8 cm³/mol. The van der Waals surface area contributed by atoms with Gasteiger partial charge in [0, 0.05) is 39.3 Å². The molecule has 0 unspecified atom stereocenters. The lowest BCUT2D eigenvalue weighted by atomic mass is 9.85. The molecule has 0 aromatic heterocycles. The first-order chi connectivity index (χ1) is 11.4. The third-order valence-corrected chi connectivity index (χ3v) is 5.53. The Morgan fingerprint density at radius 2 is 1.79 bits per heavy atom. The smallest absolute Gasteiger partial charge is 0.327 e. The summed E-state index contributed by atoms with van der Waals surface area (Å²) in [6.07, 6.45) is 2.55. The van der Waals surface area contributed by atoms with Crippen LogP contribution in [0, 0.1) is 5.92 Å². The van der Waals surface area contributed by atoms with Crippen LogP contribution in [0.15, 0.2) is 0 Å². The molecule has 24 heavy (non-hydrogen) atoms. The fraction of sp³-hybridized carbons (Fsp3) is 0.889. The van der Waals surface area contributed by atoms with Gasteiger partial charge in [-0.15, -0.1) is 0 Å². The molecule has 2 saturated heterocycles. The highest BCUT2D eigenvalue weighted by molar-refractivity contribution is 6.07. The van der Waals surface area contributed by atoms with E-state index in [1.807, 2.05) is 13.8 Å². The minimum Gasteiger partial charge on any atom is -0.383 e. The van der Waals surface area contributed by atoms with Crippen molar-refractivity contribution in [3.05, 3.63) is 0 Å².